The van der Waals surface area contributed by atoms with Crippen molar-refractivity contribution in [3.63, 3.8) is 0 Å². The van der Waals surface area contributed by atoms with Gasteiger partial charge in [0, 0.05) is 44.2 Å². The second-order valence-corrected chi connectivity index (χ2v) is 13.7. The topological polar surface area (TPSA) is 216 Å². The summed E-state index contributed by atoms with van der Waals surface area (Å²) >= 11 is 0. The highest BCUT2D eigenvalue weighted by Gasteiger charge is 2.47. The molecule has 16 nitrogen and oxygen atoms in total. The summed E-state index contributed by atoms with van der Waals surface area (Å²) in [4.78, 5) is 29.4. The van der Waals surface area contributed by atoms with Crippen molar-refractivity contribution in [2.24, 2.45) is 0 Å². The van der Waals surface area contributed by atoms with Crippen LogP contribution in [0.5, 0.6) is 5.75 Å². The maximum Gasteiger partial charge on any atom is 0.315 e. The van der Waals surface area contributed by atoms with Gasteiger partial charge in [-0.2, -0.15) is 9.97 Å². The molecular weight excluding hydrogens is 706 g/mol. The predicted octanol–water partition coefficient (Wildman–Crippen LogP) is 3.33. The molecule has 2 fully saturated rings. The maximum atomic E-state index is 12.8. The summed E-state index contributed by atoms with van der Waals surface area (Å²) in [7, 11) is 0. The summed E-state index contributed by atoms with van der Waals surface area (Å²) in [6, 6.07) is 28.0. The molecule has 3 aromatic carbocycles. The number of aliphatic hydroxyl groups excluding tert-OH is 3. The molecule has 0 saturated carbocycles. The van der Waals surface area contributed by atoms with E-state index < -0.39 is 24.5 Å². The number of aromatic nitrogens is 5. The van der Waals surface area contributed by atoms with E-state index in [1.165, 1.54) is 12.4 Å². The summed E-state index contributed by atoms with van der Waals surface area (Å²) in [5.41, 5.74) is 4.06. The molecule has 16 heteroatoms. The van der Waals surface area contributed by atoms with Crippen LogP contribution < -0.4 is 20.9 Å². The summed E-state index contributed by atoms with van der Waals surface area (Å²) in [5, 5.41) is 54.7. The Morgan fingerprint density at radius 3 is 2.42 bits per heavy atom. The molecule has 0 spiro atoms. The van der Waals surface area contributed by atoms with Gasteiger partial charge in [-0.05, 0) is 35.2 Å². The third-order valence-electron chi connectivity index (χ3n) is 9.99. The van der Waals surface area contributed by atoms with Gasteiger partial charge in [-0.3, -0.25) is 4.57 Å². The van der Waals surface area contributed by atoms with E-state index in [0.717, 1.165) is 16.7 Å². The van der Waals surface area contributed by atoms with Gasteiger partial charge in [0.2, 0.25) is 5.95 Å². The molecule has 2 saturated heterocycles. The minimum absolute atomic E-state index is 0.0294. The Labute approximate surface area is 315 Å². The Kier molecular flexibility index (Phi) is 10.3. The van der Waals surface area contributed by atoms with Gasteiger partial charge in [0.25, 0.3) is 0 Å². The molecule has 5 heterocycles. The van der Waals surface area contributed by atoms with E-state index in [-0.39, 0.29) is 48.3 Å². The lowest BCUT2D eigenvalue weighted by Gasteiger charge is -2.22. The number of nitrogens with one attached hydrogen (secondary N) is 3. The molecule has 7 N–H and O–H groups in total. The van der Waals surface area contributed by atoms with Gasteiger partial charge in [-0.25, -0.2) is 9.78 Å². The van der Waals surface area contributed by atoms with E-state index in [1.807, 2.05) is 47.4 Å². The molecule has 55 heavy (non-hydrogen) atoms. The van der Waals surface area contributed by atoms with Gasteiger partial charge in [0.05, 0.1) is 12.9 Å². The van der Waals surface area contributed by atoms with E-state index in [2.05, 4.69) is 50.4 Å². The predicted molar refractivity (Wildman–Crippen MR) is 200 cm³/mol. The number of anilines is 2. The number of hydrogen-bond donors (Lipinski definition) is 7. The van der Waals surface area contributed by atoms with Crippen LogP contribution in [0.25, 0.3) is 11.2 Å². The molecule has 5 atom stereocenters. The fourth-order valence-corrected chi connectivity index (χ4v) is 7.16. The van der Waals surface area contributed by atoms with Crippen LogP contribution in [0, 0.1) is 0 Å². The third-order valence-corrected chi connectivity index (χ3v) is 9.99. The van der Waals surface area contributed by atoms with Crippen LogP contribution in [-0.4, -0.2) is 89.0 Å². The number of phenolic OH excluding ortho intramolecular Hbond substituents is 1. The minimum atomic E-state index is -1.39. The number of phenols is 1. The SMILES string of the molecule is O=C(NCc1cccc(O)c1)N[C@@H]1CCN(c2nc(NCC(c3ccccc3)c3ccccc3)c3ncn([C@@H]4O[C@H](c5cc(CO)no5)[C@@H](O)[C@@H]4O)c3n2)C1. The number of nitrogens with zero attached hydrogens (tertiary/aromatic N) is 6. The van der Waals surface area contributed by atoms with E-state index in [0.29, 0.717) is 49.0 Å². The Morgan fingerprint density at radius 2 is 1.71 bits per heavy atom. The second-order valence-electron chi connectivity index (χ2n) is 13.7. The van der Waals surface area contributed by atoms with Gasteiger partial charge in [-0.15, -0.1) is 0 Å². The van der Waals surface area contributed by atoms with E-state index in [1.54, 1.807) is 22.8 Å². The zero-order chi connectivity index (χ0) is 37.9. The molecule has 0 radical (unpaired) electrons. The van der Waals surface area contributed by atoms with Crippen molar-refractivity contribution in [1.29, 1.82) is 0 Å². The smallest absolute Gasteiger partial charge is 0.315 e. The Morgan fingerprint density at radius 1 is 0.945 bits per heavy atom. The number of aromatic hydroxyl groups is 1. The fourth-order valence-electron chi connectivity index (χ4n) is 7.16. The van der Waals surface area contributed by atoms with E-state index in [4.69, 9.17) is 19.2 Å². The van der Waals surface area contributed by atoms with Crippen molar-refractivity contribution < 1.29 is 34.5 Å². The van der Waals surface area contributed by atoms with E-state index >= 15 is 0 Å². The molecule has 2 aliphatic heterocycles. The van der Waals surface area contributed by atoms with E-state index in [9.17, 15) is 25.2 Å². The molecule has 2 aliphatic rings. The number of fused-ring (bicyclic) bond motifs is 1. The summed E-state index contributed by atoms with van der Waals surface area (Å²) in [6.45, 7) is 1.35. The third kappa shape index (κ3) is 7.65. The number of carbonyl (C=O) groups is 1. The van der Waals surface area contributed by atoms with Crippen LogP contribution in [0.15, 0.2) is 102 Å². The average Bonchev–Trinajstić information content (AvgIpc) is 4.02. The first-order valence-electron chi connectivity index (χ1n) is 18.1. The van der Waals surface area contributed by atoms with Crippen LogP contribution in [0.4, 0.5) is 16.6 Å². The van der Waals surface area contributed by atoms with Gasteiger partial charge >= 0.3 is 6.03 Å². The molecule has 0 unspecified atom stereocenters. The number of aliphatic hydroxyl groups is 3. The lowest BCUT2D eigenvalue weighted by Crippen LogP contribution is -2.43. The summed E-state index contributed by atoms with van der Waals surface area (Å²) < 4.78 is 13.0. The van der Waals surface area contributed by atoms with Gasteiger partial charge < -0.3 is 50.5 Å². The highest BCUT2D eigenvalue weighted by molar-refractivity contribution is 5.84. The molecule has 8 rings (SSSR count). The van der Waals surface area contributed by atoms with Crippen molar-refractivity contribution in [2.75, 3.05) is 29.9 Å². The number of benzene rings is 3. The number of urea groups is 1. The van der Waals surface area contributed by atoms with Gasteiger partial charge in [0.15, 0.2) is 29.0 Å². The molecule has 0 aliphatic carbocycles. The Bertz CT molecular complexity index is 2200. The second kappa shape index (κ2) is 15.7. The van der Waals surface area contributed by atoms with Crippen molar-refractivity contribution in [2.45, 2.75) is 56.1 Å². The van der Waals surface area contributed by atoms with Crippen LogP contribution >= 0.6 is 0 Å². The van der Waals surface area contributed by atoms with Crippen molar-refractivity contribution in [3.8, 4) is 5.75 Å². The number of ether oxygens (including phenoxy) is 1. The van der Waals surface area contributed by atoms with Crippen molar-refractivity contribution >= 4 is 29.0 Å². The molecule has 3 aromatic heterocycles. The Hall–Kier alpha value is -6.07. The van der Waals surface area contributed by atoms with Crippen LogP contribution in [0.2, 0.25) is 0 Å². The number of hydrogen-bond acceptors (Lipinski definition) is 13. The van der Waals surface area contributed by atoms with Crippen molar-refractivity contribution in [1.82, 2.24) is 35.3 Å². The minimum Gasteiger partial charge on any atom is -0.508 e. The first-order chi connectivity index (χ1) is 26.8. The summed E-state index contributed by atoms with van der Waals surface area (Å²) in [5.74, 6) is 1.10. The number of rotatable bonds is 12. The van der Waals surface area contributed by atoms with Crippen LogP contribution in [-0.2, 0) is 17.9 Å². The zero-order valence-corrected chi connectivity index (χ0v) is 29.6. The van der Waals surface area contributed by atoms with Gasteiger partial charge in [0.1, 0.15) is 29.8 Å². The first-order valence-corrected chi connectivity index (χ1v) is 18.1. The van der Waals surface area contributed by atoms with Gasteiger partial charge in [-0.1, -0.05) is 78.0 Å². The highest BCUT2D eigenvalue weighted by Crippen LogP contribution is 2.41. The quantitative estimate of drug-likeness (QED) is 0.0958. The highest BCUT2D eigenvalue weighted by atomic mass is 16.6. The number of imidazole rings is 1. The molecule has 0 bridgehead atoms. The molecule has 2 amide bonds. The molecular formula is C39H41N9O7. The lowest BCUT2D eigenvalue weighted by molar-refractivity contribution is -0.0434. The molecule has 284 valence electrons. The van der Waals surface area contributed by atoms with Crippen LogP contribution in [0.1, 0.15) is 52.8 Å². The summed E-state index contributed by atoms with van der Waals surface area (Å²) in [6.07, 6.45) is -2.80. The Balaban J connectivity index is 1.07. The maximum absolute atomic E-state index is 12.8. The normalized spacial score (nSPS) is 21.0. The largest absolute Gasteiger partial charge is 0.508 e. The standard InChI is InChI=1S/C39H41N9O7/c49-21-27-17-30(55-46-27)34-32(51)33(52)37(54-34)48-22-42-31-35(40-19-29(24-9-3-1-4-10-24)25-11-5-2-6-12-25)44-38(45-36(31)48)47-15-14-26(20-47)43-39(53)41-18-23-8-7-13-28(50)16-23/h1-13,16-17,22,26,29,32-34,37,49-52H,14-15,18-21H2,(H,40,44,45)(H2,41,43,53)/t26-,32+,33+,34-,37-/m1/s1. The first kappa shape index (κ1) is 35.9. The average molecular weight is 748 g/mol. The zero-order valence-electron chi connectivity index (χ0n) is 29.6. The number of amides is 2. The van der Waals surface area contributed by atoms with Crippen LogP contribution in [0.3, 0.4) is 0 Å². The monoisotopic (exact) mass is 747 g/mol. The fraction of sp³-hybridized carbons (Fsp3) is 0.308. The number of carbonyl (C=O) groups excluding carboxylic acids is 1. The molecule has 6 aromatic rings. The van der Waals surface area contributed by atoms with Crippen molar-refractivity contribution in [3.05, 3.63) is 125 Å². The lowest BCUT2D eigenvalue weighted by atomic mass is 9.91.